The Bertz CT molecular complexity index is 875. The lowest BCUT2D eigenvalue weighted by atomic mass is 9.86. The summed E-state index contributed by atoms with van der Waals surface area (Å²) in [6, 6.07) is 7.93. The molecule has 1 saturated carbocycles. The average Bonchev–Trinajstić information content (AvgIpc) is 3.34. The van der Waals surface area contributed by atoms with E-state index in [1.807, 2.05) is 36.1 Å². The first-order chi connectivity index (χ1) is 14.1. The number of anilines is 2. The van der Waals surface area contributed by atoms with Crippen LogP contribution in [-0.4, -0.2) is 28.6 Å². The quantitative estimate of drug-likeness (QED) is 0.748. The van der Waals surface area contributed by atoms with Gasteiger partial charge >= 0.3 is 0 Å². The summed E-state index contributed by atoms with van der Waals surface area (Å²) in [6.07, 6.45) is 8.37. The summed E-state index contributed by atoms with van der Waals surface area (Å²) in [5.41, 5.74) is 2.05. The molecule has 2 fully saturated rings. The van der Waals surface area contributed by atoms with Crippen molar-refractivity contribution >= 4 is 34.0 Å². The number of rotatable bonds is 6. The second-order valence-corrected chi connectivity index (χ2v) is 9.24. The van der Waals surface area contributed by atoms with Crippen molar-refractivity contribution in [2.45, 2.75) is 64.2 Å². The van der Waals surface area contributed by atoms with E-state index in [0.717, 1.165) is 22.7 Å². The van der Waals surface area contributed by atoms with Crippen LogP contribution in [0, 0.1) is 12.8 Å². The molecule has 0 bridgehead atoms. The van der Waals surface area contributed by atoms with Gasteiger partial charge in [0, 0.05) is 31.0 Å². The maximum absolute atomic E-state index is 12.5. The summed E-state index contributed by atoms with van der Waals surface area (Å²) in [6.45, 7) is 2.62. The van der Waals surface area contributed by atoms with Crippen molar-refractivity contribution in [1.29, 1.82) is 0 Å². The number of carbonyl (C=O) groups is 2. The predicted octanol–water partition coefficient (Wildman–Crippen LogP) is 4.67. The monoisotopic (exact) mass is 412 g/mol. The molecule has 2 aromatic rings. The molecule has 0 radical (unpaired) electrons. The number of amides is 2. The normalized spacial score (nSPS) is 20.2. The molecule has 2 heterocycles. The van der Waals surface area contributed by atoms with E-state index in [0.29, 0.717) is 30.4 Å². The number of aromatic nitrogens is 2. The summed E-state index contributed by atoms with van der Waals surface area (Å²) in [4.78, 5) is 26.7. The van der Waals surface area contributed by atoms with Crippen molar-refractivity contribution < 1.29 is 9.59 Å². The number of hydrogen-bond donors (Lipinski definition) is 1. The van der Waals surface area contributed by atoms with Gasteiger partial charge in [0.25, 0.3) is 0 Å². The SMILES string of the molecule is Cc1ccccc1N1C[C@H](c2nnc(NC(=O)CCC3CCCCC3)s2)CC1=O. The minimum atomic E-state index is 0.0160. The van der Waals surface area contributed by atoms with Crippen LogP contribution in [0.4, 0.5) is 10.8 Å². The third-order valence-electron chi connectivity index (χ3n) is 6.07. The highest BCUT2D eigenvalue weighted by Gasteiger charge is 2.34. The first kappa shape index (κ1) is 20.0. The molecule has 1 aliphatic carbocycles. The van der Waals surface area contributed by atoms with Crippen molar-refractivity contribution in [3.05, 3.63) is 34.8 Å². The molecule has 0 spiro atoms. The van der Waals surface area contributed by atoms with Gasteiger partial charge in [-0.3, -0.25) is 9.59 Å². The van der Waals surface area contributed by atoms with Gasteiger partial charge in [-0.25, -0.2) is 0 Å². The van der Waals surface area contributed by atoms with E-state index in [1.54, 1.807) is 0 Å². The Labute approximate surface area is 175 Å². The van der Waals surface area contributed by atoms with Gasteiger partial charge in [0.05, 0.1) is 0 Å². The van der Waals surface area contributed by atoms with E-state index in [9.17, 15) is 9.59 Å². The number of hydrogen-bond acceptors (Lipinski definition) is 5. The van der Waals surface area contributed by atoms with Gasteiger partial charge in [-0.1, -0.05) is 61.6 Å². The van der Waals surface area contributed by atoms with E-state index in [1.165, 1.54) is 43.4 Å². The fraction of sp³-hybridized carbons (Fsp3) is 0.545. The summed E-state index contributed by atoms with van der Waals surface area (Å²) < 4.78 is 0. The fourth-order valence-electron chi connectivity index (χ4n) is 4.41. The van der Waals surface area contributed by atoms with Crippen LogP contribution in [0.3, 0.4) is 0 Å². The fourth-order valence-corrected chi connectivity index (χ4v) is 5.27. The zero-order chi connectivity index (χ0) is 20.2. The van der Waals surface area contributed by atoms with Crippen LogP contribution in [0.25, 0.3) is 0 Å². The third kappa shape index (κ3) is 4.83. The van der Waals surface area contributed by atoms with Gasteiger partial charge in [0.1, 0.15) is 5.01 Å². The Kier molecular flexibility index (Phi) is 6.23. The Morgan fingerprint density at radius 3 is 2.79 bits per heavy atom. The molecular weight excluding hydrogens is 384 g/mol. The van der Waals surface area contributed by atoms with E-state index in [-0.39, 0.29) is 17.7 Å². The van der Waals surface area contributed by atoms with Crippen molar-refractivity contribution in [2.75, 3.05) is 16.8 Å². The third-order valence-corrected chi connectivity index (χ3v) is 7.07. The Hall–Kier alpha value is -2.28. The molecule has 6 nitrogen and oxygen atoms in total. The lowest BCUT2D eigenvalue weighted by Gasteiger charge is -2.20. The van der Waals surface area contributed by atoms with E-state index < -0.39 is 0 Å². The van der Waals surface area contributed by atoms with Crippen LogP contribution in [0.5, 0.6) is 0 Å². The molecule has 154 valence electrons. The molecule has 1 aromatic carbocycles. The molecule has 2 aliphatic rings. The largest absolute Gasteiger partial charge is 0.311 e. The highest BCUT2D eigenvalue weighted by molar-refractivity contribution is 7.15. The van der Waals surface area contributed by atoms with E-state index in [4.69, 9.17) is 0 Å². The molecule has 1 atom stereocenters. The van der Waals surface area contributed by atoms with Crippen molar-refractivity contribution in [2.24, 2.45) is 5.92 Å². The highest BCUT2D eigenvalue weighted by Crippen LogP contribution is 2.35. The summed E-state index contributed by atoms with van der Waals surface area (Å²) in [5.74, 6) is 0.837. The molecular formula is C22H28N4O2S. The van der Waals surface area contributed by atoms with Gasteiger partial charge < -0.3 is 10.2 Å². The molecule has 2 amide bonds. The maximum Gasteiger partial charge on any atom is 0.227 e. The lowest BCUT2D eigenvalue weighted by Crippen LogP contribution is -2.25. The number of para-hydroxylation sites is 1. The molecule has 1 saturated heterocycles. The standard InChI is InChI=1S/C22H28N4O2S/c1-15-7-5-6-10-18(15)26-14-17(13-20(26)28)21-24-25-22(29-21)23-19(27)12-11-16-8-3-2-4-9-16/h5-7,10,16-17H,2-4,8-9,11-14H2,1H3,(H,23,25,27)/t17-/m1/s1. The first-order valence-corrected chi connectivity index (χ1v) is 11.4. The minimum absolute atomic E-state index is 0.0160. The Balaban J connectivity index is 1.32. The molecule has 1 aliphatic heterocycles. The number of benzene rings is 1. The van der Waals surface area contributed by atoms with Gasteiger partial charge in [-0.15, -0.1) is 10.2 Å². The van der Waals surface area contributed by atoms with Crippen LogP contribution in [0.2, 0.25) is 0 Å². The molecule has 0 unspecified atom stereocenters. The second-order valence-electron chi connectivity index (χ2n) is 8.23. The van der Waals surface area contributed by atoms with Gasteiger partial charge in [-0.2, -0.15) is 0 Å². The molecule has 1 aromatic heterocycles. The Morgan fingerprint density at radius 2 is 2.00 bits per heavy atom. The van der Waals surface area contributed by atoms with E-state index >= 15 is 0 Å². The molecule has 1 N–H and O–H groups in total. The van der Waals surface area contributed by atoms with Crippen LogP contribution >= 0.6 is 11.3 Å². The first-order valence-electron chi connectivity index (χ1n) is 10.6. The topological polar surface area (TPSA) is 75.2 Å². The van der Waals surface area contributed by atoms with Crippen molar-refractivity contribution in [3.8, 4) is 0 Å². The smallest absolute Gasteiger partial charge is 0.227 e. The summed E-state index contributed by atoms with van der Waals surface area (Å²) >= 11 is 1.39. The van der Waals surface area contributed by atoms with E-state index in [2.05, 4.69) is 15.5 Å². The number of aryl methyl sites for hydroxylation is 1. The van der Waals surface area contributed by atoms with Gasteiger partial charge in [0.15, 0.2) is 0 Å². The molecule has 29 heavy (non-hydrogen) atoms. The van der Waals surface area contributed by atoms with Crippen molar-refractivity contribution in [3.63, 3.8) is 0 Å². The molecule has 4 rings (SSSR count). The number of carbonyl (C=O) groups excluding carboxylic acids is 2. The average molecular weight is 413 g/mol. The molecule has 7 heteroatoms. The Morgan fingerprint density at radius 1 is 1.21 bits per heavy atom. The van der Waals surface area contributed by atoms with Crippen molar-refractivity contribution in [1.82, 2.24) is 10.2 Å². The zero-order valence-corrected chi connectivity index (χ0v) is 17.7. The minimum Gasteiger partial charge on any atom is -0.311 e. The van der Waals surface area contributed by atoms with Crippen LogP contribution in [0.15, 0.2) is 24.3 Å². The van der Waals surface area contributed by atoms with Gasteiger partial charge in [-0.05, 0) is 30.9 Å². The van der Waals surface area contributed by atoms with Crippen LogP contribution < -0.4 is 10.2 Å². The van der Waals surface area contributed by atoms with Gasteiger partial charge in [0.2, 0.25) is 16.9 Å². The predicted molar refractivity (Wildman–Crippen MR) is 115 cm³/mol. The number of nitrogens with one attached hydrogen (secondary N) is 1. The second kappa shape index (κ2) is 9.03. The summed E-state index contributed by atoms with van der Waals surface area (Å²) in [7, 11) is 0. The van der Waals surface area contributed by atoms with Crippen LogP contribution in [0.1, 0.15) is 67.9 Å². The summed E-state index contributed by atoms with van der Waals surface area (Å²) in [5, 5.41) is 12.7. The maximum atomic E-state index is 12.5. The van der Waals surface area contributed by atoms with Crippen LogP contribution in [-0.2, 0) is 9.59 Å². The number of nitrogens with zero attached hydrogens (tertiary/aromatic N) is 3. The highest BCUT2D eigenvalue weighted by atomic mass is 32.1. The lowest BCUT2D eigenvalue weighted by molar-refractivity contribution is -0.117. The zero-order valence-electron chi connectivity index (χ0n) is 16.9.